The fourth-order valence-electron chi connectivity index (χ4n) is 2.67. The van der Waals surface area contributed by atoms with Crippen LogP contribution in [0.25, 0.3) is 0 Å². The van der Waals surface area contributed by atoms with Crippen LogP contribution in [0.1, 0.15) is 25.7 Å². The summed E-state index contributed by atoms with van der Waals surface area (Å²) in [6.07, 6.45) is 2.62. The lowest BCUT2D eigenvalue weighted by Crippen LogP contribution is -2.46. The molecular formula is C14H20BrNO4S. The number of methoxy groups -OCH3 is 1. The Bertz CT molecular complexity index is 605. The highest BCUT2D eigenvalue weighted by Crippen LogP contribution is 2.31. The number of rotatable bonds is 4. The minimum absolute atomic E-state index is 0.190. The molecule has 7 heteroatoms. The van der Waals surface area contributed by atoms with Crippen LogP contribution in [0.4, 0.5) is 0 Å². The van der Waals surface area contributed by atoms with Gasteiger partial charge < -0.3 is 9.84 Å². The zero-order chi connectivity index (χ0) is 15.6. The lowest BCUT2D eigenvalue weighted by molar-refractivity contribution is 0.0638. The van der Waals surface area contributed by atoms with Gasteiger partial charge in [-0.05, 0) is 47.0 Å². The maximum absolute atomic E-state index is 12.7. The Hall–Kier alpha value is -0.630. The van der Waals surface area contributed by atoms with E-state index in [4.69, 9.17) is 4.74 Å². The van der Waals surface area contributed by atoms with Crippen molar-refractivity contribution < 1.29 is 18.3 Å². The van der Waals surface area contributed by atoms with Gasteiger partial charge in [-0.3, -0.25) is 0 Å². The molecule has 1 N–H and O–H groups in total. The molecule has 0 amide bonds. The Morgan fingerprint density at radius 1 is 1.33 bits per heavy atom. The van der Waals surface area contributed by atoms with Crippen molar-refractivity contribution in [3.8, 4) is 5.75 Å². The van der Waals surface area contributed by atoms with Gasteiger partial charge in [-0.15, -0.1) is 0 Å². The number of ether oxygens (including phenoxy) is 1. The molecule has 5 nitrogen and oxygen atoms in total. The Balaban J connectivity index is 2.30. The smallest absolute Gasteiger partial charge is 0.243 e. The molecule has 1 aliphatic rings. The molecule has 0 heterocycles. The highest BCUT2D eigenvalue weighted by molar-refractivity contribution is 9.10. The minimum atomic E-state index is -3.63. The van der Waals surface area contributed by atoms with E-state index >= 15 is 0 Å². The second kappa shape index (κ2) is 6.64. The van der Waals surface area contributed by atoms with Crippen LogP contribution < -0.4 is 4.74 Å². The van der Waals surface area contributed by atoms with E-state index in [-0.39, 0.29) is 10.9 Å². The first kappa shape index (κ1) is 16.7. The summed E-state index contributed by atoms with van der Waals surface area (Å²) in [5.41, 5.74) is 0. The molecule has 0 radical (unpaired) electrons. The molecule has 0 aliphatic heterocycles. The molecule has 21 heavy (non-hydrogen) atoms. The van der Waals surface area contributed by atoms with Crippen molar-refractivity contribution in [2.24, 2.45) is 0 Å². The summed E-state index contributed by atoms with van der Waals surface area (Å²) in [4.78, 5) is 0.190. The summed E-state index contributed by atoms with van der Waals surface area (Å²) in [5.74, 6) is 0.578. The summed E-state index contributed by atoms with van der Waals surface area (Å²) in [6.45, 7) is 0. The van der Waals surface area contributed by atoms with E-state index in [1.807, 2.05) is 0 Å². The summed E-state index contributed by atoms with van der Waals surface area (Å²) >= 11 is 3.30. The highest BCUT2D eigenvalue weighted by Gasteiger charge is 2.34. The van der Waals surface area contributed by atoms with Crippen molar-refractivity contribution in [1.82, 2.24) is 4.31 Å². The van der Waals surface area contributed by atoms with E-state index in [0.717, 1.165) is 12.8 Å². The largest absolute Gasteiger partial charge is 0.496 e. The van der Waals surface area contributed by atoms with Gasteiger partial charge in [0, 0.05) is 7.05 Å². The first-order valence-corrected chi connectivity index (χ1v) is 9.11. The Morgan fingerprint density at radius 2 is 2.00 bits per heavy atom. The second-order valence-corrected chi connectivity index (χ2v) is 8.09. The van der Waals surface area contributed by atoms with Crippen molar-refractivity contribution in [3.05, 3.63) is 22.7 Å². The number of nitrogens with zero attached hydrogens (tertiary/aromatic N) is 1. The summed E-state index contributed by atoms with van der Waals surface area (Å²) in [5, 5.41) is 10.1. The maximum Gasteiger partial charge on any atom is 0.243 e. The molecule has 0 saturated heterocycles. The van der Waals surface area contributed by atoms with Crippen molar-refractivity contribution in [3.63, 3.8) is 0 Å². The number of sulfonamides is 1. The molecule has 2 rings (SSSR count). The summed E-state index contributed by atoms with van der Waals surface area (Å²) in [6, 6.07) is 4.30. The zero-order valence-corrected chi connectivity index (χ0v) is 14.5. The molecule has 0 spiro atoms. The average molecular weight is 378 g/mol. The molecule has 118 valence electrons. The predicted molar refractivity (Wildman–Crippen MR) is 83.9 cm³/mol. The fraction of sp³-hybridized carbons (Fsp3) is 0.571. The van der Waals surface area contributed by atoms with Crippen LogP contribution >= 0.6 is 15.9 Å². The van der Waals surface area contributed by atoms with Gasteiger partial charge in [0.1, 0.15) is 5.75 Å². The topological polar surface area (TPSA) is 66.8 Å². The van der Waals surface area contributed by atoms with E-state index in [2.05, 4.69) is 15.9 Å². The van der Waals surface area contributed by atoms with Gasteiger partial charge in [-0.25, -0.2) is 8.42 Å². The third-order valence-electron chi connectivity index (χ3n) is 3.96. The van der Waals surface area contributed by atoms with Crippen LogP contribution in [0.5, 0.6) is 5.75 Å². The Labute approximate surface area is 134 Å². The molecule has 1 aromatic rings. The van der Waals surface area contributed by atoms with Crippen LogP contribution in [-0.2, 0) is 10.0 Å². The molecule has 1 aromatic carbocycles. The van der Waals surface area contributed by atoms with Gasteiger partial charge in [0.25, 0.3) is 0 Å². The number of likely N-dealkylation sites (N-methyl/N-ethyl adjacent to an activating group) is 1. The van der Waals surface area contributed by atoms with Crippen molar-refractivity contribution in [2.45, 2.75) is 42.7 Å². The molecule has 0 aromatic heterocycles. The molecule has 0 bridgehead atoms. The molecule has 0 unspecified atom stereocenters. The van der Waals surface area contributed by atoms with E-state index in [9.17, 15) is 13.5 Å². The lowest BCUT2D eigenvalue weighted by atomic mass is 9.93. The van der Waals surface area contributed by atoms with Crippen LogP contribution in [0.3, 0.4) is 0 Å². The highest BCUT2D eigenvalue weighted by atomic mass is 79.9. The SMILES string of the molecule is COc1ccc(S(=O)(=O)N(C)[C@@H]2CCCC[C@H]2O)cc1Br. The monoisotopic (exact) mass is 377 g/mol. The van der Waals surface area contributed by atoms with Crippen LogP contribution in [0.15, 0.2) is 27.6 Å². The van der Waals surface area contributed by atoms with Gasteiger partial charge in [0.15, 0.2) is 0 Å². The van der Waals surface area contributed by atoms with E-state index in [1.165, 1.54) is 30.6 Å². The predicted octanol–water partition coefficient (Wildman–Crippen LogP) is 2.38. The van der Waals surface area contributed by atoms with Crippen molar-refractivity contribution in [2.75, 3.05) is 14.2 Å². The van der Waals surface area contributed by atoms with E-state index in [0.29, 0.717) is 23.1 Å². The standard InChI is InChI=1S/C14H20BrNO4S/c1-16(12-5-3-4-6-13(12)17)21(18,19)10-7-8-14(20-2)11(15)9-10/h7-9,12-13,17H,3-6H2,1-2H3/t12-,13-/m1/s1. The summed E-state index contributed by atoms with van der Waals surface area (Å²) < 4.78 is 32.4. The van der Waals surface area contributed by atoms with Crippen molar-refractivity contribution in [1.29, 1.82) is 0 Å². The third kappa shape index (κ3) is 3.41. The van der Waals surface area contributed by atoms with Gasteiger partial charge in [-0.1, -0.05) is 12.8 Å². The number of halogens is 1. The van der Waals surface area contributed by atoms with Crippen molar-refractivity contribution >= 4 is 26.0 Å². The molecule has 1 saturated carbocycles. The van der Waals surface area contributed by atoms with Crippen LogP contribution in [-0.4, -0.2) is 44.1 Å². The number of hydrogen-bond acceptors (Lipinski definition) is 4. The minimum Gasteiger partial charge on any atom is -0.496 e. The number of hydrogen-bond donors (Lipinski definition) is 1. The van der Waals surface area contributed by atoms with E-state index < -0.39 is 16.1 Å². The molecule has 2 atom stereocenters. The van der Waals surface area contributed by atoms with Gasteiger partial charge >= 0.3 is 0 Å². The maximum atomic E-state index is 12.7. The number of aliphatic hydroxyl groups is 1. The normalized spacial score (nSPS) is 23.3. The second-order valence-electron chi connectivity index (χ2n) is 5.24. The third-order valence-corrected chi connectivity index (χ3v) is 6.46. The quantitative estimate of drug-likeness (QED) is 0.874. The summed E-state index contributed by atoms with van der Waals surface area (Å²) in [7, 11) is -0.570. The fourth-order valence-corrected chi connectivity index (χ4v) is 4.80. The first-order valence-electron chi connectivity index (χ1n) is 6.87. The number of aliphatic hydroxyl groups excluding tert-OH is 1. The Morgan fingerprint density at radius 3 is 2.57 bits per heavy atom. The van der Waals surface area contributed by atoms with Crippen LogP contribution in [0.2, 0.25) is 0 Å². The number of benzene rings is 1. The lowest BCUT2D eigenvalue weighted by Gasteiger charge is -2.34. The molecular weight excluding hydrogens is 358 g/mol. The van der Waals surface area contributed by atoms with Crippen LogP contribution in [0, 0.1) is 0 Å². The van der Waals surface area contributed by atoms with Gasteiger partial charge in [0.2, 0.25) is 10.0 Å². The Kier molecular flexibility index (Phi) is 5.29. The van der Waals surface area contributed by atoms with Gasteiger partial charge in [-0.2, -0.15) is 4.31 Å². The zero-order valence-electron chi connectivity index (χ0n) is 12.1. The molecule has 1 aliphatic carbocycles. The molecule has 1 fully saturated rings. The van der Waals surface area contributed by atoms with Gasteiger partial charge in [0.05, 0.1) is 28.6 Å². The first-order chi connectivity index (χ1) is 9.87. The average Bonchev–Trinajstić information content (AvgIpc) is 2.47. The van der Waals surface area contributed by atoms with E-state index in [1.54, 1.807) is 6.07 Å².